The van der Waals surface area contributed by atoms with Crippen LogP contribution in [0.25, 0.3) is 0 Å². The molecule has 1 saturated heterocycles. The zero-order valence-electron chi connectivity index (χ0n) is 13.7. The normalized spacial score (nSPS) is 26.7. The summed E-state index contributed by atoms with van der Waals surface area (Å²) in [4.78, 5) is 14.9. The standard InChI is InChI=1S/C18H23N3O2/c1-12-9-13(2)21(19-12)11-14-5-3-7-20(14)18(22)16-10-15(16)17-6-4-8-23-17/h4,6,8-9,14-16H,3,5,7,10-11H2,1-2H3/t14-,15+,16-/m0/s1. The predicted molar refractivity (Wildman–Crippen MR) is 86.0 cm³/mol. The summed E-state index contributed by atoms with van der Waals surface area (Å²) in [6, 6.07) is 6.25. The maximum absolute atomic E-state index is 12.9. The summed E-state index contributed by atoms with van der Waals surface area (Å²) in [6.07, 6.45) is 4.78. The van der Waals surface area contributed by atoms with E-state index in [0.717, 1.165) is 43.8 Å². The van der Waals surface area contributed by atoms with Gasteiger partial charge in [-0.3, -0.25) is 9.48 Å². The maximum Gasteiger partial charge on any atom is 0.226 e. The highest BCUT2D eigenvalue weighted by Gasteiger charge is 2.49. The second-order valence-electron chi connectivity index (χ2n) is 6.90. The van der Waals surface area contributed by atoms with Crippen molar-refractivity contribution in [2.45, 2.75) is 51.6 Å². The molecule has 122 valence electrons. The first kappa shape index (κ1) is 14.5. The van der Waals surface area contributed by atoms with Crippen LogP contribution in [-0.4, -0.2) is 33.2 Å². The molecule has 3 atom stereocenters. The van der Waals surface area contributed by atoms with Crippen LogP contribution < -0.4 is 0 Å². The van der Waals surface area contributed by atoms with Crippen molar-refractivity contribution in [2.24, 2.45) is 5.92 Å². The van der Waals surface area contributed by atoms with Crippen LogP contribution in [0.1, 0.15) is 42.3 Å². The summed E-state index contributed by atoms with van der Waals surface area (Å²) >= 11 is 0. The average Bonchev–Trinajstić information content (AvgIpc) is 2.90. The number of aromatic nitrogens is 2. The highest BCUT2D eigenvalue weighted by Crippen LogP contribution is 2.49. The van der Waals surface area contributed by atoms with Crippen molar-refractivity contribution in [2.75, 3.05) is 6.54 Å². The third-order valence-corrected chi connectivity index (χ3v) is 5.16. The first-order valence-electron chi connectivity index (χ1n) is 8.48. The summed E-state index contributed by atoms with van der Waals surface area (Å²) in [5.74, 6) is 1.66. The molecule has 0 bridgehead atoms. The number of amides is 1. The largest absolute Gasteiger partial charge is 0.469 e. The Kier molecular flexibility index (Phi) is 3.51. The number of carbonyl (C=O) groups is 1. The van der Waals surface area contributed by atoms with Crippen LogP contribution in [0.5, 0.6) is 0 Å². The van der Waals surface area contributed by atoms with E-state index in [0.29, 0.717) is 5.91 Å². The SMILES string of the molecule is Cc1cc(C)n(C[C@@H]2CCCN2C(=O)[C@H]2C[C@H]2c2ccco2)n1. The van der Waals surface area contributed by atoms with Gasteiger partial charge in [0.15, 0.2) is 0 Å². The Labute approximate surface area is 136 Å². The quantitative estimate of drug-likeness (QED) is 0.872. The first-order chi connectivity index (χ1) is 11.1. The number of hydrogen-bond donors (Lipinski definition) is 0. The van der Waals surface area contributed by atoms with Gasteiger partial charge >= 0.3 is 0 Å². The molecule has 1 amide bonds. The van der Waals surface area contributed by atoms with Gasteiger partial charge in [-0.25, -0.2) is 0 Å². The Morgan fingerprint density at radius 2 is 2.30 bits per heavy atom. The molecule has 0 radical (unpaired) electrons. The summed E-state index contributed by atoms with van der Waals surface area (Å²) in [5.41, 5.74) is 2.21. The Morgan fingerprint density at radius 1 is 1.43 bits per heavy atom. The maximum atomic E-state index is 12.9. The lowest BCUT2D eigenvalue weighted by atomic mass is 10.2. The van der Waals surface area contributed by atoms with Gasteiger partial charge in [0.2, 0.25) is 5.91 Å². The minimum Gasteiger partial charge on any atom is -0.469 e. The Morgan fingerprint density at radius 3 is 3.00 bits per heavy atom. The van der Waals surface area contributed by atoms with Gasteiger partial charge in [-0.2, -0.15) is 5.10 Å². The number of rotatable bonds is 4. The van der Waals surface area contributed by atoms with Crippen LogP contribution in [0.15, 0.2) is 28.9 Å². The van der Waals surface area contributed by atoms with Gasteiger partial charge in [0, 0.05) is 24.1 Å². The number of carbonyl (C=O) groups excluding carboxylic acids is 1. The van der Waals surface area contributed by atoms with E-state index >= 15 is 0 Å². The molecule has 2 aromatic heterocycles. The molecule has 1 saturated carbocycles. The predicted octanol–water partition coefficient (Wildman–Crippen LogP) is 2.89. The van der Waals surface area contributed by atoms with E-state index in [1.165, 1.54) is 5.69 Å². The Balaban J connectivity index is 1.44. The second-order valence-corrected chi connectivity index (χ2v) is 6.90. The minimum atomic E-state index is 0.113. The van der Waals surface area contributed by atoms with E-state index in [1.807, 2.05) is 23.7 Å². The van der Waals surface area contributed by atoms with Crippen molar-refractivity contribution < 1.29 is 9.21 Å². The van der Waals surface area contributed by atoms with Crippen LogP contribution in [0.2, 0.25) is 0 Å². The van der Waals surface area contributed by atoms with Gasteiger partial charge in [0.25, 0.3) is 0 Å². The molecular formula is C18H23N3O2. The number of hydrogen-bond acceptors (Lipinski definition) is 3. The third-order valence-electron chi connectivity index (χ3n) is 5.16. The minimum absolute atomic E-state index is 0.113. The fourth-order valence-electron chi connectivity index (χ4n) is 3.87. The van der Waals surface area contributed by atoms with E-state index in [4.69, 9.17) is 4.42 Å². The van der Waals surface area contributed by atoms with Gasteiger partial charge in [-0.1, -0.05) is 0 Å². The molecule has 2 fully saturated rings. The highest BCUT2D eigenvalue weighted by molar-refractivity contribution is 5.83. The molecule has 1 aliphatic carbocycles. The van der Waals surface area contributed by atoms with Crippen LogP contribution in [0.4, 0.5) is 0 Å². The number of furan rings is 1. The lowest BCUT2D eigenvalue weighted by Gasteiger charge is -2.25. The smallest absolute Gasteiger partial charge is 0.226 e. The molecule has 0 spiro atoms. The molecular weight excluding hydrogens is 290 g/mol. The average molecular weight is 313 g/mol. The Bertz CT molecular complexity index is 704. The molecule has 3 heterocycles. The van der Waals surface area contributed by atoms with Crippen LogP contribution in [0.3, 0.4) is 0 Å². The summed E-state index contributed by atoms with van der Waals surface area (Å²) < 4.78 is 7.50. The van der Waals surface area contributed by atoms with Gasteiger partial charge in [-0.15, -0.1) is 0 Å². The lowest BCUT2D eigenvalue weighted by Crippen LogP contribution is -2.39. The highest BCUT2D eigenvalue weighted by atomic mass is 16.3. The van der Waals surface area contributed by atoms with Gasteiger partial charge < -0.3 is 9.32 Å². The zero-order valence-corrected chi connectivity index (χ0v) is 13.7. The fourth-order valence-corrected chi connectivity index (χ4v) is 3.87. The monoisotopic (exact) mass is 313 g/mol. The summed E-state index contributed by atoms with van der Waals surface area (Å²) in [5, 5.41) is 4.55. The van der Waals surface area contributed by atoms with Crippen molar-refractivity contribution in [3.05, 3.63) is 41.6 Å². The number of aryl methyl sites for hydroxylation is 2. The zero-order chi connectivity index (χ0) is 16.0. The second kappa shape index (κ2) is 5.55. The molecule has 1 aliphatic heterocycles. The Hall–Kier alpha value is -2.04. The molecule has 2 aliphatic rings. The summed E-state index contributed by atoms with van der Waals surface area (Å²) in [7, 11) is 0. The van der Waals surface area contributed by atoms with Crippen molar-refractivity contribution in [3.8, 4) is 0 Å². The molecule has 0 unspecified atom stereocenters. The van der Waals surface area contributed by atoms with Crippen LogP contribution in [-0.2, 0) is 11.3 Å². The lowest BCUT2D eigenvalue weighted by molar-refractivity contribution is -0.133. The van der Waals surface area contributed by atoms with Gasteiger partial charge in [0.05, 0.1) is 24.5 Å². The first-order valence-corrected chi connectivity index (χ1v) is 8.48. The molecule has 23 heavy (non-hydrogen) atoms. The van der Waals surface area contributed by atoms with E-state index in [2.05, 4.69) is 23.0 Å². The fraction of sp³-hybridized carbons (Fsp3) is 0.556. The van der Waals surface area contributed by atoms with Gasteiger partial charge in [-0.05, 0) is 51.3 Å². The molecule has 5 heteroatoms. The van der Waals surface area contributed by atoms with Crippen molar-refractivity contribution in [1.82, 2.24) is 14.7 Å². The molecule has 0 aromatic carbocycles. The van der Waals surface area contributed by atoms with Crippen LogP contribution in [0, 0.1) is 19.8 Å². The molecule has 0 N–H and O–H groups in total. The van der Waals surface area contributed by atoms with Gasteiger partial charge in [0.1, 0.15) is 5.76 Å². The van der Waals surface area contributed by atoms with E-state index in [1.54, 1.807) is 6.26 Å². The molecule has 4 rings (SSSR count). The van der Waals surface area contributed by atoms with Crippen LogP contribution >= 0.6 is 0 Å². The van der Waals surface area contributed by atoms with E-state index in [9.17, 15) is 4.79 Å². The third kappa shape index (κ3) is 2.69. The summed E-state index contributed by atoms with van der Waals surface area (Å²) in [6.45, 7) is 5.78. The number of nitrogens with zero attached hydrogens (tertiary/aromatic N) is 3. The van der Waals surface area contributed by atoms with Crippen molar-refractivity contribution >= 4 is 5.91 Å². The van der Waals surface area contributed by atoms with Crippen molar-refractivity contribution in [1.29, 1.82) is 0 Å². The molecule has 2 aromatic rings. The van der Waals surface area contributed by atoms with E-state index < -0.39 is 0 Å². The van der Waals surface area contributed by atoms with E-state index in [-0.39, 0.29) is 17.9 Å². The molecule has 5 nitrogen and oxygen atoms in total. The topological polar surface area (TPSA) is 51.3 Å². The number of likely N-dealkylation sites (tertiary alicyclic amines) is 1. The van der Waals surface area contributed by atoms with Crippen molar-refractivity contribution in [3.63, 3.8) is 0 Å².